The average molecular weight is 231 g/mol. The van der Waals surface area contributed by atoms with Gasteiger partial charge in [-0.2, -0.15) is 0 Å². The molecule has 2 aliphatic heterocycles. The van der Waals surface area contributed by atoms with Crippen molar-refractivity contribution in [2.24, 2.45) is 0 Å². The third-order valence-corrected chi connectivity index (χ3v) is 4.21. The van der Waals surface area contributed by atoms with E-state index in [0.717, 1.165) is 18.7 Å². The lowest BCUT2D eigenvalue weighted by Gasteiger charge is -2.38. The Morgan fingerprint density at radius 3 is 2.94 bits per heavy atom. The Bertz CT molecular complexity index is 427. The second-order valence-electron chi connectivity index (χ2n) is 5.53. The Kier molecular flexibility index (Phi) is 2.66. The number of fused-ring (bicyclic) bond motifs is 4. The van der Waals surface area contributed by atoms with Crippen molar-refractivity contribution in [3.8, 4) is 0 Å². The van der Waals surface area contributed by atoms with Crippen molar-refractivity contribution < 1.29 is 0 Å². The van der Waals surface area contributed by atoms with Crippen LogP contribution in [0.2, 0.25) is 0 Å². The summed E-state index contributed by atoms with van der Waals surface area (Å²) in [5.41, 5.74) is 2.71. The fourth-order valence-electron chi connectivity index (χ4n) is 3.51. The molecular weight excluding hydrogens is 210 g/mol. The molecule has 0 amide bonds. The van der Waals surface area contributed by atoms with Gasteiger partial charge < -0.3 is 0 Å². The molecule has 2 aliphatic rings. The number of hydrogen-bond donors (Lipinski definition) is 0. The van der Waals surface area contributed by atoms with Crippen LogP contribution >= 0.6 is 0 Å². The second kappa shape index (κ2) is 4.05. The normalized spacial score (nSPS) is 27.5. The van der Waals surface area contributed by atoms with Gasteiger partial charge in [-0.25, -0.2) is 9.97 Å². The minimum atomic E-state index is 0.578. The summed E-state index contributed by atoms with van der Waals surface area (Å²) in [7, 11) is 0. The highest BCUT2D eigenvalue weighted by atomic mass is 15.2. The molecule has 0 spiro atoms. The molecule has 17 heavy (non-hydrogen) atoms. The van der Waals surface area contributed by atoms with E-state index in [1.165, 1.54) is 24.1 Å². The zero-order chi connectivity index (χ0) is 12.0. The van der Waals surface area contributed by atoms with Gasteiger partial charge in [-0.05, 0) is 26.7 Å². The van der Waals surface area contributed by atoms with E-state index < -0.39 is 0 Å². The zero-order valence-electron chi connectivity index (χ0n) is 11.0. The Balaban J connectivity index is 2.01. The van der Waals surface area contributed by atoms with E-state index in [2.05, 4.69) is 36.9 Å². The van der Waals surface area contributed by atoms with Crippen molar-refractivity contribution in [2.75, 3.05) is 0 Å². The fourth-order valence-corrected chi connectivity index (χ4v) is 3.51. The van der Waals surface area contributed by atoms with Crippen LogP contribution in [0.4, 0.5) is 0 Å². The van der Waals surface area contributed by atoms with Gasteiger partial charge >= 0.3 is 0 Å². The largest absolute Gasteiger partial charge is 0.290 e. The SMILES string of the molecule is CCc1ncc2c(n1)CC1CCC2N1C(C)C. The molecule has 0 saturated carbocycles. The van der Waals surface area contributed by atoms with E-state index in [9.17, 15) is 0 Å². The van der Waals surface area contributed by atoms with Crippen LogP contribution in [0.25, 0.3) is 0 Å². The number of aryl methyl sites for hydroxylation is 1. The third kappa shape index (κ3) is 1.68. The summed E-state index contributed by atoms with van der Waals surface area (Å²) in [4.78, 5) is 11.9. The maximum absolute atomic E-state index is 4.73. The Hall–Kier alpha value is -0.960. The summed E-state index contributed by atoms with van der Waals surface area (Å²) in [6.07, 6.45) is 6.75. The molecule has 1 aromatic rings. The lowest BCUT2D eigenvalue weighted by atomic mass is 9.97. The molecule has 1 saturated heterocycles. The molecule has 3 nitrogen and oxygen atoms in total. The first kappa shape index (κ1) is 11.1. The van der Waals surface area contributed by atoms with Crippen molar-refractivity contribution in [3.63, 3.8) is 0 Å². The molecule has 3 heteroatoms. The van der Waals surface area contributed by atoms with E-state index in [-0.39, 0.29) is 0 Å². The van der Waals surface area contributed by atoms with Crippen LogP contribution in [0, 0.1) is 0 Å². The van der Waals surface area contributed by atoms with Crippen LogP contribution in [0.1, 0.15) is 56.7 Å². The monoisotopic (exact) mass is 231 g/mol. The van der Waals surface area contributed by atoms with Crippen molar-refractivity contribution in [3.05, 3.63) is 23.3 Å². The first-order chi connectivity index (χ1) is 8.20. The molecule has 0 aromatic carbocycles. The highest BCUT2D eigenvalue weighted by Gasteiger charge is 2.41. The lowest BCUT2D eigenvalue weighted by molar-refractivity contribution is 0.133. The van der Waals surface area contributed by atoms with Crippen LogP contribution in [-0.2, 0) is 12.8 Å². The van der Waals surface area contributed by atoms with Gasteiger partial charge in [-0.3, -0.25) is 4.90 Å². The van der Waals surface area contributed by atoms with Crippen molar-refractivity contribution in [2.45, 2.75) is 64.6 Å². The molecule has 2 bridgehead atoms. The molecule has 3 rings (SSSR count). The number of nitrogens with zero attached hydrogens (tertiary/aromatic N) is 3. The van der Waals surface area contributed by atoms with Crippen LogP contribution < -0.4 is 0 Å². The van der Waals surface area contributed by atoms with E-state index in [1.807, 2.05) is 0 Å². The second-order valence-corrected chi connectivity index (χ2v) is 5.53. The lowest BCUT2D eigenvalue weighted by Crippen LogP contribution is -2.42. The fraction of sp³-hybridized carbons (Fsp3) is 0.714. The average Bonchev–Trinajstić information content (AvgIpc) is 2.65. The topological polar surface area (TPSA) is 29.0 Å². The van der Waals surface area contributed by atoms with Crippen LogP contribution in [-0.4, -0.2) is 27.0 Å². The summed E-state index contributed by atoms with van der Waals surface area (Å²) >= 11 is 0. The Morgan fingerprint density at radius 1 is 1.41 bits per heavy atom. The molecule has 2 unspecified atom stereocenters. The van der Waals surface area contributed by atoms with Crippen LogP contribution in [0.15, 0.2) is 6.20 Å². The van der Waals surface area contributed by atoms with Gasteiger partial charge in [0.2, 0.25) is 0 Å². The van der Waals surface area contributed by atoms with Crippen LogP contribution in [0.5, 0.6) is 0 Å². The molecule has 0 radical (unpaired) electrons. The molecule has 3 heterocycles. The van der Waals surface area contributed by atoms with Gasteiger partial charge in [0.25, 0.3) is 0 Å². The standard InChI is InChI=1S/C14H21N3/c1-4-14-15-8-11-12(16-14)7-10-5-6-13(11)17(10)9(2)3/h8-10,13H,4-7H2,1-3H3. The predicted octanol–water partition coefficient (Wildman–Crippen LogP) is 2.51. The van der Waals surface area contributed by atoms with E-state index in [0.29, 0.717) is 18.1 Å². The highest BCUT2D eigenvalue weighted by molar-refractivity contribution is 5.29. The minimum Gasteiger partial charge on any atom is -0.290 e. The maximum Gasteiger partial charge on any atom is 0.128 e. The zero-order valence-corrected chi connectivity index (χ0v) is 11.0. The summed E-state index contributed by atoms with van der Waals surface area (Å²) in [6, 6.07) is 1.92. The maximum atomic E-state index is 4.73. The van der Waals surface area contributed by atoms with E-state index in [1.54, 1.807) is 0 Å². The molecule has 1 aromatic heterocycles. The van der Waals surface area contributed by atoms with E-state index in [4.69, 9.17) is 4.98 Å². The van der Waals surface area contributed by atoms with Gasteiger partial charge in [-0.15, -0.1) is 0 Å². The Labute approximate surface area is 103 Å². The van der Waals surface area contributed by atoms with Gasteiger partial charge in [0.05, 0.1) is 5.69 Å². The van der Waals surface area contributed by atoms with Gasteiger partial charge in [0.1, 0.15) is 5.82 Å². The molecule has 2 atom stereocenters. The Morgan fingerprint density at radius 2 is 2.24 bits per heavy atom. The summed E-state index contributed by atoms with van der Waals surface area (Å²) in [5.74, 6) is 1.00. The molecular formula is C14H21N3. The van der Waals surface area contributed by atoms with Gasteiger partial charge in [-0.1, -0.05) is 6.92 Å². The number of aromatic nitrogens is 2. The number of hydrogen-bond acceptors (Lipinski definition) is 3. The van der Waals surface area contributed by atoms with Crippen molar-refractivity contribution in [1.29, 1.82) is 0 Å². The predicted molar refractivity (Wildman–Crippen MR) is 67.9 cm³/mol. The smallest absolute Gasteiger partial charge is 0.128 e. The first-order valence-corrected chi connectivity index (χ1v) is 6.82. The summed E-state index contributed by atoms with van der Waals surface area (Å²) < 4.78 is 0. The molecule has 92 valence electrons. The minimum absolute atomic E-state index is 0.578. The van der Waals surface area contributed by atoms with Gasteiger partial charge in [0, 0.05) is 42.7 Å². The first-order valence-electron chi connectivity index (χ1n) is 6.82. The molecule has 0 N–H and O–H groups in total. The van der Waals surface area contributed by atoms with E-state index >= 15 is 0 Å². The van der Waals surface area contributed by atoms with Crippen molar-refractivity contribution >= 4 is 0 Å². The third-order valence-electron chi connectivity index (χ3n) is 4.21. The summed E-state index contributed by atoms with van der Waals surface area (Å²) in [6.45, 7) is 6.73. The molecule has 1 fully saturated rings. The number of rotatable bonds is 2. The van der Waals surface area contributed by atoms with Gasteiger partial charge in [0.15, 0.2) is 0 Å². The summed E-state index contributed by atoms with van der Waals surface area (Å²) in [5, 5.41) is 0. The molecule has 0 aliphatic carbocycles. The van der Waals surface area contributed by atoms with Crippen molar-refractivity contribution in [1.82, 2.24) is 14.9 Å². The highest BCUT2D eigenvalue weighted by Crippen LogP contribution is 2.43. The van der Waals surface area contributed by atoms with Crippen LogP contribution in [0.3, 0.4) is 0 Å². The quantitative estimate of drug-likeness (QED) is 0.783.